The number of ether oxygens (including phenoxy) is 1. The van der Waals surface area contributed by atoms with Crippen LogP contribution < -0.4 is 0 Å². The molecule has 0 amide bonds. The van der Waals surface area contributed by atoms with Crippen LogP contribution in [0.15, 0.2) is 48.1 Å². The first kappa shape index (κ1) is 79.7. The van der Waals surface area contributed by atoms with E-state index in [0.717, 1.165) is 28.5 Å². The molecule has 0 spiro atoms. The molecule has 86 heavy (non-hydrogen) atoms. The molecule has 7 rings (SSSR count). The van der Waals surface area contributed by atoms with Crippen molar-refractivity contribution >= 4 is 11.8 Å². The number of rotatable bonds is 0. The van der Waals surface area contributed by atoms with Gasteiger partial charge in [-0.05, 0) is 258 Å². The van der Waals surface area contributed by atoms with Crippen molar-refractivity contribution in [3.05, 3.63) is 160 Å². The fourth-order valence-electron chi connectivity index (χ4n) is 11.3. The third-order valence-corrected chi connectivity index (χ3v) is 18.8. The van der Waals surface area contributed by atoms with Crippen LogP contribution >= 0.6 is 11.8 Å². The minimum absolute atomic E-state index is 0.146. The molecule has 0 radical (unpaired) electrons. The summed E-state index contributed by atoms with van der Waals surface area (Å²) in [5.74, 6) is 0. The van der Waals surface area contributed by atoms with Gasteiger partial charge in [0.1, 0.15) is 6.10 Å². The van der Waals surface area contributed by atoms with Crippen molar-refractivity contribution < 1.29 is 4.74 Å². The number of pyridine rings is 4. The number of allylic oxidation sites excluding steroid dienone is 4. The second kappa shape index (κ2) is 32.4. The van der Waals surface area contributed by atoms with E-state index in [2.05, 4.69) is 301 Å². The number of thioether (sulfide) groups is 1. The highest BCUT2D eigenvalue weighted by atomic mass is 32.2. The predicted octanol–water partition coefficient (Wildman–Crippen LogP) is 22.4. The Morgan fingerprint density at radius 2 is 0.733 bits per heavy atom. The maximum absolute atomic E-state index is 5.38. The lowest BCUT2D eigenvalue weighted by atomic mass is 9.80. The largest absolute Gasteiger partial charge is 0.493 e. The smallest absolute Gasteiger partial charge is 0.121 e. The summed E-state index contributed by atoms with van der Waals surface area (Å²) in [6.45, 7) is 84.0. The van der Waals surface area contributed by atoms with E-state index in [9.17, 15) is 0 Å². The van der Waals surface area contributed by atoms with Crippen molar-refractivity contribution in [2.24, 2.45) is 10.8 Å². The van der Waals surface area contributed by atoms with Gasteiger partial charge in [-0.1, -0.05) is 155 Å². The summed E-state index contributed by atoms with van der Waals surface area (Å²) in [5, 5.41) is 2.81. The Balaban J connectivity index is 0.000000504. The SMILES string of the molecule is CC(C)(C)C1C=CC=CO1.CC(C)(C)C1C=CC=CS1.CC(C)(C)N1CCCCC1.Cc1nc(C(C)(C)C)c(C)c(C)c1C.Cc1nc(C(C)(C)C)c(C)c(C)c1C.Cc1nc(C)c(C(C)(C)C)c(C)c1C.Cc1nc(C)c(C)c(C(C)(C)C)c1C. The second-order valence-electron chi connectivity index (χ2n) is 32.1. The molecule has 0 N–H and O–H groups in total. The molecule has 2 unspecified atom stereocenters. The number of hydrogen-bond donors (Lipinski definition) is 0. The second-order valence-corrected chi connectivity index (χ2v) is 33.2. The minimum Gasteiger partial charge on any atom is -0.493 e. The van der Waals surface area contributed by atoms with Gasteiger partial charge in [0.15, 0.2) is 0 Å². The zero-order valence-corrected chi connectivity index (χ0v) is 63.7. The summed E-state index contributed by atoms with van der Waals surface area (Å²) >= 11 is 1.90. The average Bonchev–Trinajstić information content (AvgIpc) is 1.81. The normalized spacial score (nSPS) is 16.2. The third kappa shape index (κ3) is 24.6. The van der Waals surface area contributed by atoms with E-state index < -0.39 is 0 Å². The first-order valence-corrected chi connectivity index (χ1v) is 33.3. The molecule has 7 heterocycles. The Hall–Kier alpha value is -4.33. The molecule has 6 nitrogen and oxygen atoms in total. The summed E-state index contributed by atoms with van der Waals surface area (Å²) in [6, 6.07) is 0. The standard InChI is InChI=1S/4C13H21N.C9H19N.C9H14O.C9H14S/c1-8-10(3)14-11(4)9(2)12(8)13(5,6)7;1-8-9(2)12(13(5,6)7)11(4)14-10(8)3;2*1-8-9(2)11(4)14-12(10(8)3)13(5,6)7;1-9(2,3)10-7-5-4-6-8-10;2*1-9(2,3)8-6-4-5-7-10-8/h4*1-7H3;4-8H2,1-3H3;2*4-8H,1-3H3. The lowest BCUT2D eigenvalue weighted by molar-refractivity contribution is 0.0823. The van der Waals surface area contributed by atoms with Gasteiger partial charge in [-0.2, -0.15) is 0 Å². The van der Waals surface area contributed by atoms with Crippen LogP contribution in [0.25, 0.3) is 0 Å². The van der Waals surface area contributed by atoms with Crippen LogP contribution in [-0.2, 0) is 26.4 Å². The maximum atomic E-state index is 5.38. The van der Waals surface area contributed by atoms with Crippen LogP contribution in [-0.4, -0.2) is 54.8 Å². The van der Waals surface area contributed by atoms with Crippen molar-refractivity contribution in [2.45, 2.75) is 314 Å². The van der Waals surface area contributed by atoms with Crippen LogP contribution in [0.4, 0.5) is 0 Å². The van der Waals surface area contributed by atoms with Crippen LogP contribution in [0.2, 0.25) is 0 Å². The molecule has 0 aliphatic carbocycles. The highest BCUT2D eigenvalue weighted by Crippen LogP contribution is 2.35. The van der Waals surface area contributed by atoms with E-state index in [1.54, 1.807) is 6.26 Å². The number of piperidine rings is 1. The van der Waals surface area contributed by atoms with E-state index in [1.165, 1.54) is 116 Å². The first-order chi connectivity index (χ1) is 38.8. The van der Waals surface area contributed by atoms with E-state index in [1.807, 2.05) is 23.9 Å². The quantitative estimate of drug-likeness (QED) is 0.174. The van der Waals surface area contributed by atoms with Gasteiger partial charge in [-0.3, -0.25) is 24.8 Å². The molecule has 0 saturated carbocycles. The zero-order valence-electron chi connectivity index (χ0n) is 62.9. The topological polar surface area (TPSA) is 64.0 Å². The van der Waals surface area contributed by atoms with E-state index >= 15 is 0 Å². The molecule has 7 heteroatoms. The first-order valence-electron chi connectivity index (χ1n) is 32.3. The molecule has 484 valence electrons. The number of nitrogens with zero attached hydrogens (tertiary/aromatic N) is 5. The number of hydrogen-bond acceptors (Lipinski definition) is 7. The predicted molar refractivity (Wildman–Crippen MR) is 384 cm³/mol. The van der Waals surface area contributed by atoms with Gasteiger partial charge in [0.2, 0.25) is 0 Å². The highest BCUT2D eigenvalue weighted by molar-refractivity contribution is 8.03. The molecule has 0 bridgehead atoms. The van der Waals surface area contributed by atoms with Crippen LogP contribution in [0.1, 0.15) is 277 Å². The molecule has 1 saturated heterocycles. The van der Waals surface area contributed by atoms with Crippen molar-refractivity contribution in [3.8, 4) is 0 Å². The van der Waals surface area contributed by atoms with E-state index in [0.29, 0.717) is 16.2 Å². The van der Waals surface area contributed by atoms with Gasteiger partial charge in [-0.15, -0.1) is 11.8 Å². The summed E-state index contributed by atoms with van der Waals surface area (Å²) < 4.78 is 5.38. The fourth-order valence-corrected chi connectivity index (χ4v) is 12.3. The summed E-state index contributed by atoms with van der Waals surface area (Å²) in [4.78, 5) is 21.1. The molecule has 4 aromatic rings. The number of aromatic nitrogens is 4. The zero-order chi connectivity index (χ0) is 67.2. The van der Waals surface area contributed by atoms with Crippen molar-refractivity contribution in [1.82, 2.24) is 24.8 Å². The summed E-state index contributed by atoms with van der Waals surface area (Å²) in [5.41, 5.74) is 27.6. The van der Waals surface area contributed by atoms with Gasteiger partial charge in [0, 0.05) is 72.6 Å². The lowest BCUT2D eigenvalue weighted by Crippen LogP contribution is -2.44. The molecule has 3 aliphatic rings. The van der Waals surface area contributed by atoms with Crippen LogP contribution in [0, 0.1) is 122 Å². The van der Waals surface area contributed by atoms with Crippen molar-refractivity contribution in [1.29, 1.82) is 0 Å². The Morgan fingerprint density at radius 1 is 0.360 bits per heavy atom. The Kier molecular flexibility index (Phi) is 30.0. The summed E-state index contributed by atoms with van der Waals surface area (Å²) in [7, 11) is 0. The van der Waals surface area contributed by atoms with Gasteiger partial charge in [0.25, 0.3) is 0 Å². The van der Waals surface area contributed by atoms with Crippen LogP contribution in [0.3, 0.4) is 0 Å². The monoisotopic (exact) mass is 1200 g/mol. The Morgan fingerprint density at radius 3 is 1.02 bits per heavy atom. The molecule has 2 atom stereocenters. The highest BCUT2D eigenvalue weighted by Gasteiger charge is 2.27. The molecular formula is C79H131N5OS. The summed E-state index contributed by atoms with van der Waals surface area (Å²) in [6.07, 6.45) is 18.7. The Labute approximate surface area is 536 Å². The number of aryl methyl sites for hydroxylation is 6. The van der Waals surface area contributed by atoms with Gasteiger partial charge >= 0.3 is 0 Å². The van der Waals surface area contributed by atoms with E-state index in [4.69, 9.17) is 14.7 Å². The average molecular weight is 1200 g/mol. The van der Waals surface area contributed by atoms with E-state index in [-0.39, 0.29) is 33.2 Å². The number of likely N-dealkylation sites (tertiary alicyclic amines) is 1. The third-order valence-electron chi connectivity index (χ3n) is 17.3. The molecule has 0 aromatic carbocycles. The van der Waals surface area contributed by atoms with Gasteiger partial charge in [0.05, 0.1) is 6.26 Å². The Bertz CT molecular complexity index is 2800. The van der Waals surface area contributed by atoms with Gasteiger partial charge < -0.3 is 4.74 Å². The molecule has 3 aliphatic heterocycles. The van der Waals surface area contributed by atoms with Crippen molar-refractivity contribution in [3.63, 3.8) is 0 Å². The molecule has 4 aromatic heterocycles. The molecular weight excluding hydrogens is 1070 g/mol. The lowest BCUT2D eigenvalue weighted by Gasteiger charge is -2.38. The maximum Gasteiger partial charge on any atom is 0.121 e. The fraction of sp³-hybridized carbons (Fsp3) is 0.646. The van der Waals surface area contributed by atoms with Crippen LogP contribution in [0.5, 0.6) is 0 Å². The minimum atomic E-state index is 0.146. The van der Waals surface area contributed by atoms with Crippen molar-refractivity contribution in [2.75, 3.05) is 13.1 Å². The molecule has 1 fully saturated rings. The van der Waals surface area contributed by atoms with Gasteiger partial charge in [-0.25, -0.2) is 0 Å².